The Kier molecular flexibility index (Phi) is 4.10. The standard InChI is InChI=1S/C10H18N2O2/c1-3-4-9(11)10(13)12-6-5-8(7-12)14-2/h3,8-9H,1,4-7,11H2,2H3. The zero-order valence-corrected chi connectivity index (χ0v) is 8.61. The van der Waals surface area contributed by atoms with Crippen molar-refractivity contribution in [3.05, 3.63) is 12.7 Å². The molecule has 1 fully saturated rings. The summed E-state index contributed by atoms with van der Waals surface area (Å²) in [5.74, 6) is 0.00412. The number of carbonyl (C=O) groups is 1. The summed E-state index contributed by atoms with van der Waals surface area (Å²) in [4.78, 5) is 13.5. The van der Waals surface area contributed by atoms with Crippen LogP contribution < -0.4 is 5.73 Å². The zero-order valence-electron chi connectivity index (χ0n) is 8.61. The molecule has 1 aliphatic rings. The molecule has 80 valence electrons. The van der Waals surface area contributed by atoms with Crippen LogP contribution >= 0.6 is 0 Å². The number of nitrogens with two attached hydrogens (primary N) is 1. The first kappa shape index (κ1) is 11.2. The Bertz CT molecular complexity index is 218. The average Bonchev–Trinajstić information content (AvgIpc) is 2.65. The Balaban J connectivity index is 2.42. The topological polar surface area (TPSA) is 55.6 Å². The fourth-order valence-corrected chi connectivity index (χ4v) is 1.64. The summed E-state index contributed by atoms with van der Waals surface area (Å²) >= 11 is 0. The molecular formula is C10H18N2O2. The van der Waals surface area contributed by atoms with Crippen LogP contribution in [-0.2, 0) is 9.53 Å². The van der Waals surface area contributed by atoms with Crippen LogP contribution in [0.5, 0.6) is 0 Å². The van der Waals surface area contributed by atoms with Crippen LogP contribution in [0.3, 0.4) is 0 Å². The van der Waals surface area contributed by atoms with Gasteiger partial charge in [-0.2, -0.15) is 0 Å². The SMILES string of the molecule is C=CCC(N)C(=O)N1CCC(OC)C1. The molecule has 0 aliphatic carbocycles. The minimum atomic E-state index is -0.442. The molecule has 0 bridgehead atoms. The number of rotatable bonds is 4. The molecule has 1 rings (SSSR count). The second kappa shape index (κ2) is 5.12. The van der Waals surface area contributed by atoms with Crippen molar-refractivity contribution in [2.45, 2.75) is 25.0 Å². The van der Waals surface area contributed by atoms with Crippen LogP contribution in [0.2, 0.25) is 0 Å². The average molecular weight is 198 g/mol. The van der Waals surface area contributed by atoms with Gasteiger partial charge < -0.3 is 15.4 Å². The number of hydrogen-bond acceptors (Lipinski definition) is 3. The lowest BCUT2D eigenvalue weighted by molar-refractivity contribution is -0.131. The smallest absolute Gasteiger partial charge is 0.239 e. The predicted octanol–water partition coefficient (Wildman–Crippen LogP) is 0.137. The van der Waals surface area contributed by atoms with Crippen LogP contribution in [0.15, 0.2) is 12.7 Å². The lowest BCUT2D eigenvalue weighted by Gasteiger charge is -2.19. The van der Waals surface area contributed by atoms with E-state index in [4.69, 9.17) is 10.5 Å². The van der Waals surface area contributed by atoms with Crippen LogP contribution in [0, 0.1) is 0 Å². The highest BCUT2D eigenvalue weighted by Gasteiger charge is 2.28. The van der Waals surface area contributed by atoms with Gasteiger partial charge in [-0.1, -0.05) is 6.08 Å². The van der Waals surface area contributed by atoms with Crippen molar-refractivity contribution in [3.63, 3.8) is 0 Å². The van der Waals surface area contributed by atoms with Gasteiger partial charge in [0.25, 0.3) is 0 Å². The number of methoxy groups -OCH3 is 1. The van der Waals surface area contributed by atoms with E-state index in [1.165, 1.54) is 0 Å². The van der Waals surface area contributed by atoms with Crippen molar-refractivity contribution in [2.24, 2.45) is 5.73 Å². The zero-order chi connectivity index (χ0) is 10.6. The highest BCUT2D eigenvalue weighted by Crippen LogP contribution is 2.13. The molecule has 0 aromatic carbocycles. The molecule has 1 saturated heterocycles. The van der Waals surface area contributed by atoms with E-state index in [2.05, 4.69) is 6.58 Å². The van der Waals surface area contributed by atoms with Crippen LogP contribution in [0.25, 0.3) is 0 Å². The third kappa shape index (κ3) is 2.56. The molecule has 0 saturated carbocycles. The molecule has 2 N–H and O–H groups in total. The van der Waals surface area contributed by atoms with Gasteiger partial charge in [0.2, 0.25) is 5.91 Å². The second-order valence-corrected chi connectivity index (χ2v) is 3.56. The third-order valence-corrected chi connectivity index (χ3v) is 2.53. The summed E-state index contributed by atoms with van der Waals surface area (Å²) in [5, 5.41) is 0. The van der Waals surface area contributed by atoms with Crippen molar-refractivity contribution in [3.8, 4) is 0 Å². The van der Waals surface area contributed by atoms with E-state index in [-0.39, 0.29) is 12.0 Å². The van der Waals surface area contributed by atoms with Gasteiger partial charge in [0.15, 0.2) is 0 Å². The summed E-state index contributed by atoms with van der Waals surface area (Å²) in [7, 11) is 1.67. The number of nitrogens with zero attached hydrogens (tertiary/aromatic N) is 1. The van der Waals surface area contributed by atoms with E-state index in [0.717, 1.165) is 13.0 Å². The molecule has 4 heteroatoms. The van der Waals surface area contributed by atoms with Crippen molar-refractivity contribution in [1.82, 2.24) is 4.90 Å². The quantitative estimate of drug-likeness (QED) is 0.654. The molecule has 4 nitrogen and oxygen atoms in total. The van der Waals surface area contributed by atoms with Crippen molar-refractivity contribution in [1.29, 1.82) is 0 Å². The molecule has 2 atom stereocenters. The fourth-order valence-electron chi connectivity index (χ4n) is 1.64. The molecule has 0 spiro atoms. The van der Waals surface area contributed by atoms with Gasteiger partial charge >= 0.3 is 0 Å². The maximum atomic E-state index is 11.7. The fraction of sp³-hybridized carbons (Fsp3) is 0.700. The first-order chi connectivity index (χ1) is 6.69. The number of likely N-dealkylation sites (tertiary alicyclic amines) is 1. The van der Waals surface area contributed by atoms with Crippen molar-refractivity contribution in [2.75, 3.05) is 20.2 Å². The van der Waals surface area contributed by atoms with E-state index in [9.17, 15) is 4.79 Å². The second-order valence-electron chi connectivity index (χ2n) is 3.56. The van der Waals surface area contributed by atoms with Gasteiger partial charge in [0.1, 0.15) is 0 Å². The normalized spacial score (nSPS) is 23.6. The van der Waals surface area contributed by atoms with Crippen LogP contribution in [0.4, 0.5) is 0 Å². The Labute approximate surface area is 84.7 Å². The number of ether oxygens (including phenoxy) is 1. The molecule has 1 aliphatic heterocycles. The van der Waals surface area contributed by atoms with E-state index in [0.29, 0.717) is 13.0 Å². The molecule has 1 amide bonds. The first-order valence-corrected chi connectivity index (χ1v) is 4.87. The van der Waals surface area contributed by atoms with Gasteiger partial charge in [-0.3, -0.25) is 4.79 Å². The predicted molar refractivity (Wildman–Crippen MR) is 54.8 cm³/mol. The number of hydrogen-bond donors (Lipinski definition) is 1. The lowest BCUT2D eigenvalue weighted by atomic mass is 10.2. The number of amides is 1. The first-order valence-electron chi connectivity index (χ1n) is 4.87. The van der Waals surface area contributed by atoms with E-state index < -0.39 is 6.04 Å². The summed E-state index contributed by atoms with van der Waals surface area (Å²) in [6.07, 6.45) is 3.29. The summed E-state index contributed by atoms with van der Waals surface area (Å²) in [6, 6.07) is -0.442. The van der Waals surface area contributed by atoms with Crippen molar-refractivity contribution >= 4 is 5.91 Å². The van der Waals surface area contributed by atoms with Gasteiger partial charge in [-0.25, -0.2) is 0 Å². The Morgan fingerprint density at radius 1 is 1.86 bits per heavy atom. The maximum absolute atomic E-state index is 11.7. The highest BCUT2D eigenvalue weighted by atomic mass is 16.5. The Morgan fingerprint density at radius 3 is 3.07 bits per heavy atom. The molecule has 0 aromatic rings. The van der Waals surface area contributed by atoms with E-state index >= 15 is 0 Å². The van der Waals surface area contributed by atoms with E-state index in [1.54, 1.807) is 18.1 Å². The lowest BCUT2D eigenvalue weighted by Crippen LogP contribution is -2.42. The third-order valence-electron chi connectivity index (χ3n) is 2.53. The molecular weight excluding hydrogens is 180 g/mol. The Morgan fingerprint density at radius 2 is 2.57 bits per heavy atom. The highest BCUT2D eigenvalue weighted by molar-refractivity contribution is 5.82. The summed E-state index contributed by atoms with van der Waals surface area (Å²) < 4.78 is 5.18. The Hall–Kier alpha value is -0.870. The van der Waals surface area contributed by atoms with E-state index in [1.807, 2.05) is 0 Å². The monoisotopic (exact) mass is 198 g/mol. The van der Waals surface area contributed by atoms with Crippen LogP contribution in [0.1, 0.15) is 12.8 Å². The molecule has 0 aromatic heterocycles. The molecule has 2 unspecified atom stereocenters. The molecule has 0 radical (unpaired) electrons. The van der Waals surface area contributed by atoms with Gasteiger partial charge in [-0.05, 0) is 12.8 Å². The summed E-state index contributed by atoms with van der Waals surface area (Å²) in [5.41, 5.74) is 5.69. The van der Waals surface area contributed by atoms with Gasteiger partial charge in [0.05, 0.1) is 12.1 Å². The van der Waals surface area contributed by atoms with Gasteiger partial charge in [0, 0.05) is 20.2 Å². The largest absolute Gasteiger partial charge is 0.380 e. The molecule has 14 heavy (non-hydrogen) atoms. The minimum Gasteiger partial charge on any atom is -0.380 e. The number of carbonyl (C=O) groups excluding carboxylic acids is 1. The van der Waals surface area contributed by atoms with Crippen molar-refractivity contribution < 1.29 is 9.53 Å². The maximum Gasteiger partial charge on any atom is 0.239 e. The molecule has 1 heterocycles. The summed E-state index contributed by atoms with van der Waals surface area (Å²) in [6.45, 7) is 4.98. The minimum absolute atomic E-state index is 0.00412. The van der Waals surface area contributed by atoms with Gasteiger partial charge in [-0.15, -0.1) is 6.58 Å². The van der Waals surface area contributed by atoms with Crippen LogP contribution in [-0.4, -0.2) is 43.2 Å².